The van der Waals surface area contributed by atoms with Crippen molar-refractivity contribution in [1.82, 2.24) is 5.43 Å². The Morgan fingerprint density at radius 2 is 2.25 bits per heavy atom. The molecule has 0 spiro atoms. The lowest BCUT2D eigenvalue weighted by Gasteiger charge is -2.02. The minimum Gasteiger partial charge on any atom is -0.273 e. The topological polar surface area (TPSA) is 41.5 Å². The van der Waals surface area contributed by atoms with Crippen LogP contribution in [0.15, 0.2) is 33.8 Å². The summed E-state index contributed by atoms with van der Waals surface area (Å²) < 4.78 is 1.01. The molecule has 0 unspecified atom stereocenters. The fourth-order valence-electron chi connectivity index (χ4n) is 1.35. The molecular formula is C12H13BrN2O. The zero-order valence-electron chi connectivity index (χ0n) is 9.03. The van der Waals surface area contributed by atoms with Gasteiger partial charge in [0.15, 0.2) is 0 Å². The Morgan fingerprint density at radius 3 is 2.88 bits per heavy atom. The molecule has 1 amide bonds. The lowest BCUT2D eigenvalue weighted by atomic mass is 10.1. The number of hydrogen-bond donors (Lipinski definition) is 1. The molecule has 1 N–H and O–H groups in total. The first-order chi connectivity index (χ1) is 7.66. The van der Waals surface area contributed by atoms with Crippen molar-refractivity contribution in [1.29, 1.82) is 0 Å². The standard InChI is InChI=1S/C12H13BrN2O/c1-8(10-3-2-4-11(13)7-10)14-15-12(16)9-5-6-9/h2-4,7,9H,5-6H2,1H3,(H,15,16)/b14-8+. The van der Waals surface area contributed by atoms with Crippen LogP contribution in [0.25, 0.3) is 0 Å². The number of nitrogens with one attached hydrogen (secondary N) is 1. The first-order valence-corrected chi connectivity index (χ1v) is 6.06. The number of rotatable bonds is 3. The van der Waals surface area contributed by atoms with E-state index in [4.69, 9.17) is 0 Å². The molecule has 16 heavy (non-hydrogen) atoms. The van der Waals surface area contributed by atoms with Crippen molar-refractivity contribution in [3.05, 3.63) is 34.3 Å². The van der Waals surface area contributed by atoms with Gasteiger partial charge in [-0.05, 0) is 37.5 Å². The minimum absolute atomic E-state index is 0.0364. The number of halogens is 1. The second-order valence-electron chi connectivity index (χ2n) is 3.96. The molecule has 1 aliphatic rings. The second-order valence-corrected chi connectivity index (χ2v) is 4.87. The van der Waals surface area contributed by atoms with Crippen molar-refractivity contribution in [2.45, 2.75) is 19.8 Å². The van der Waals surface area contributed by atoms with Gasteiger partial charge in [-0.3, -0.25) is 4.79 Å². The average Bonchev–Trinajstić information content (AvgIpc) is 3.09. The van der Waals surface area contributed by atoms with Crippen LogP contribution in [0.3, 0.4) is 0 Å². The van der Waals surface area contributed by atoms with Crippen LogP contribution in [0.4, 0.5) is 0 Å². The first kappa shape index (κ1) is 11.3. The molecule has 1 aromatic carbocycles. The maximum atomic E-state index is 11.4. The van der Waals surface area contributed by atoms with Crippen molar-refractivity contribution in [2.24, 2.45) is 11.0 Å². The Hall–Kier alpha value is -1.16. The third-order valence-electron chi connectivity index (χ3n) is 2.52. The van der Waals surface area contributed by atoms with Crippen molar-refractivity contribution >= 4 is 27.5 Å². The molecule has 1 saturated carbocycles. The van der Waals surface area contributed by atoms with Gasteiger partial charge >= 0.3 is 0 Å². The van der Waals surface area contributed by atoms with Crippen LogP contribution >= 0.6 is 15.9 Å². The van der Waals surface area contributed by atoms with Crippen LogP contribution in [-0.4, -0.2) is 11.6 Å². The van der Waals surface area contributed by atoms with Gasteiger partial charge in [-0.2, -0.15) is 5.10 Å². The number of carbonyl (C=O) groups is 1. The average molecular weight is 281 g/mol. The minimum atomic E-state index is 0.0364. The lowest BCUT2D eigenvalue weighted by Crippen LogP contribution is -2.20. The molecule has 0 aliphatic heterocycles. The van der Waals surface area contributed by atoms with Gasteiger partial charge < -0.3 is 0 Å². The molecule has 84 valence electrons. The zero-order chi connectivity index (χ0) is 11.5. The molecular weight excluding hydrogens is 268 g/mol. The van der Waals surface area contributed by atoms with Crippen LogP contribution in [0, 0.1) is 5.92 Å². The molecule has 0 saturated heterocycles. The van der Waals surface area contributed by atoms with E-state index >= 15 is 0 Å². The molecule has 0 aromatic heterocycles. The highest BCUT2D eigenvalue weighted by Gasteiger charge is 2.29. The van der Waals surface area contributed by atoms with Crippen LogP contribution in [-0.2, 0) is 4.79 Å². The van der Waals surface area contributed by atoms with E-state index in [0.717, 1.165) is 28.6 Å². The molecule has 2 rings (SSSR count). The quantitative estimate of drug-likeness (QED) is 0.671. The van der Waals surface area contributed by atoms with Gasteiger partial charge in [-0.15, -0.1) is 0 Å². The van der Waals surface area contributed by atoms with E-state index in [1.54, 1.807) is 0 Å². The number of hydrogen-bond acceptors (Lipinski definition) is 2. The van der Waals surface area contributed by atoms with Crippen LogP contribution in [0.1, 0.15) is 25.3 Å². The molecule has 1 fully saturated rings. The second kappa shape index (κ2) is 4.78. The number of nitrogens with zero attached hydrogens (tertiary/aromatic N) is 1. The fraction of sp³-hybridized carbons (Fsp3) is 0.333. The van der Waals surface area contributed by atoms with Crippen LogP contribution < -0.4 is 5.43 Å². The highest BCUT2D eigenvalue weighted by Crippen LogP contribution is 2.28. The molecule has 1 aromatic rings. The molecule has 4 heteroatoms. The summed E-state index contributed by atoms with van der Waals surface area (Å²) in [6.45, 7) is 1.88. The van der Waals surface area contributed by atoms with Gasteiger partial charge in [0.25, 0.3) is 0 Å². The Bertz CT molecular complexity index is 438. The number of amides is 1. The Morgan fingerprint density at radius 1 is 1.50 bits per heavy atom. The summed E-state index contributed by atoms with van der Waals surface area (Å²) >= 11 is 3.40. The summed E-state index contributed by atoms with van der Waals surface area (Å²) in [4.78, 5) is 11.4. The molecule has 0 radical (unpaired) electrons. The predicted octanol–water partition coefficient (Wildman–Crippen LogP) is 2.70. The highest BCUT2D eigenvalue weighted by molar-refractivity contribution is 9.10. The smallest absolute Gasteiger partial charge is 0.243 e. The van der Waals surface area contributed by atoms with Gasteiger partial charge in [0.1, 0.15) is 0 Å². The maximum absolute atomic E-state index is 11.4. The van der Waals surface area contributed by atoms with Gasteiger partial charge in [0.2, 0.25) is 5.91 Å². The van der Waals surface area contributed by atoms with E-state index in [9.17, 15) is 4.79 Å². The van der Waals surface area contributed by atoms with Gasteiger partial charge in [-0.1, -0.05) is 28.1 Å². The van der Waals surface area contributed by atoms with E-state index in [2.05, 4.69) is 26.5 Å². The lowest BCUT2D eigenvalue weighted by molar-refractivity contribution is -0.122. The van der Waals surface area contributed by atoms with Crippen molar-refractivity contribution in [2.75, 3.05) is 0 Å². The van der Waals surface area contributed by atoms with Crippen molar-refractivity contribution in [3.63, 3.8) is 0 Å². The summed E-state index contributed by atoms with van der Waals surface area (Å²) in [7, 11) is 0. The molecule has 0 heterocycles. The van der Waals surface area contributed by atoms with E-state index in [-0.39, 0.29) is 11.8 Å². The van der Waals surface area contributed by atoms with Gasteiger partial charge in [0.05, 0.1) is 5.71 Å². The summed E-state index contributed by atoms with van der Waals surface area (Å²) in [5.41, 5.74) is 4.42. The first-order valence-electron chi connectivity index (χ1n) is 5.27. The van der Waals surface area contributed by atoms with Gasteiger partial charge in [0, 0.05) is 10.4 Å². The third kappa shape index (κ3) is 2.92. The molecule has 0 bridgehead atoms. The van der Waals surface area contributed by atoms with Crippen LogP contribution in [0.2, 0.25) is 0 Å². The molecule has 3 nitrogen and oxygen atoms in total. The normalized spacial score (nSPS) is 16.0. The summed E-state index contributed by atoms with van der Waals surface area (Å²) in [5, 5.41) is 4.09. The van der Waals surface area contributed by atoms with Crippen molar-refractivity contribution in [3.8, 4) is 0 Å². The zero-order valence-corrected chi connectivity index (χ0v) is 10.6. The van der Waals surface area contributed by atoms with E-state index in [1.807, 2.05) is 31.2 Å². The third-order valence-corrected chi connectivity index (χ3v) is 3.02. The predicted molar refractivity (Wildman–Crippen MR) is 67.2 cm³/mol. The molecule has 1 aliphatic carbocycles. The van der Waals surface area contributed by atoms with E-state index in [1.165, 1.54) is 0 Å². The maximum Gasteiger partial charge on any atom is 0.243 e. The Balaban J connectivity index is 2.02. The number of carbonyl (C=O) groups excluding carboxylic acids is 1. The van der Waals surface area contributed by atoms with E-state index in [0.29, 0.717) is 0 Å². The summed E-state index contributed by atoms with van der Waals surface area (Å²) in [6.07, 6.45) is 1.99. The number of benzene rings is 1. The fourth-order valence-corrected chi connectivity index (χ4v) is 1.75. The summed E-state index contributed by atoms with van der Waals surface area (Å²) in [5.74, 6) is 0.230. The Labute approximate surface area is 103 Å². The van der Waals surface area contributed by atoms with E-state index < -0.39 is 0 Å². The SMILES string of the molecule is C/C(=N\NC(=O)C1CC1)c1cccc(Br)c1. The highest BCUT2D eigenvalue weighted by atomic mass is 79.9. The van der Waals surface area contributed by atoms with Crippen LogP contribution in [0.5, 0.6) is 0 Å². The summed E-state index contributed by atoms with van der Waals surface area (Å²) in [6, 6.07) is 7.84. The monoisotopic (exact) mass is 280 g/mol. The van der Waals surface area contributed by atoms with Gasteiger partial charge in [-0.25, -0.2) is 5.43 Å². The number of hydrazone groups is 1. The van der Waals surface area contributed by atoms with Crippen molar-refractivity contribution < 1.29 is 4.79 Å². The largest absolute Gasteiger partial charge is 0.273 e. The molecule has 0 atom stereocenters. The Kier molecular flexibility index (Phi) is 3.39.